The number of ether oxygens (including phenoxy) is 1. The third-order valence-electron chi connectivity index (χ3n) is 1.94. The Morgan fingerprint density at radius 1 is 1.56 bits per heavy atom. The Balaban J connectivity index is 3.01. The van der Waals surface area contributed by atoms with Crippen molar-refractivity contribution in [1.29, 1.82) is 5.26 Å². The number of hydrogen-bond donors (Lipinski definition) is 0. The minimum absolute atomic E-state index is 0.123. The van der Waals surface area contributed by atoms with Crippen molar-refractivity contribution < 1.29 is 13.9 Å². The molecule has 0 bridgehead atoms. The zero-order chi connectivity index (χ0) is 13.7. The predicted octanol–water partition coefficient (Wildman–Crippen LogP) is 3.45. The fourth-order valence-corrected chi connectivity index (χ4v) is 1.58. The summed E-state index contributed by atoms with van der Waals surface area (Å²) in [5.41, 5.74) is 0.419. The van der Waals surface area contributed by atoms with E-state index < -0.39 is 11.8 Å². The van der Waals surface area contributed by atoms with E-state index in [0.29, 0.717) is 5.56 Å². The molecule has 94 valence electrons. The molecule has 1 aromatic carbocycles. The molecule has 5 heteroatoms. The first kappa shape index (κ1) is 14.4. The van der Waals surface area contributed by atoms with Crippen LogP contribution >= 0.6 is 15.9 Å². The first-order valence-corrected chi connectivity index (χ1v) is 6.01. The molecule has 0 aliphatic heterocycles. The first-order chi connectivity index (χ1) is 8.43. The molecule has 0 atom stereocenters. The molecule has 0 unspecified atom stereocenters. The Morgan fingerprint density at radius 3 is 2.72 bits per heavy atom. The van der Waals surface area contributed by atoms with E-state index in [2.05, 4.69) is 15.9 Å². The summed E-state index contributed by atoms with van der Waals surface area (Å²) in [6.07, 6.45) is 1.06. The molecule has 0 N–H and O–H groups in total. The summed E-state index contributed by atoms with van der Waals surface area (Å²) < 4.78 is 18.2. The number of esters is 1. The van der Waals surface area contributed by atoms with Crippen molar-refractivity contribution in [2.45, 2.75) is 20.0 Å². The van der Waals surface area contributed by atoms with Gasteiger partial charge < -0.3 is 4.74 Å². The molecule has 0 aliphatic carbocycles. The Labute approximate surface area is 113 Å². The third-order valence-corrected chi connectivity index (χ3v) is 2.55. The highest BCUT2D eigenvalue weighted by molar-refractivity contribution is 9.10. The topological polar surface area (TPSA) is 50.1 Å². The lowest BCUT2D eigenvalue weighted by Gasteiger charge is -2.06. The Bertz CT molecular complexity index is 532. The van der Waals surface area contributed by atoms with Gasteiger partial charge in [-0.15, -0.1) is 0 Å². The van der Waals surface area contributed by atoms with Crippen molar-refractivity contribution in [3.8, 4) is 6.07 Å². The summed E-state index contributed by atoms with van der Waals surface area (Å²) in [5.74, 6) is -1.09. The number of nitriles is 1. The van der Waals surface area contributed by atoms with Crippen molar-refractivity contribution in [3.05, 3.63) is 39.6 Å². The van der Waals surface area contributed by atoms with Crippen LogP contribution in [0.3, 0.4) is 0 Å². The second-order valence-corrected chi connectivity index (χ2v) is 4.65. The maximum atomic E-state index is 13.0. The fourth-order valence-electron chi connectivity index (χ4n) is 1.18. The van der Waals surface area contributed by atoms with Crippen LogP contribution in [-0.4, -0.2) is 12.1 Å². The minimum atomic E-state index is -0.687. The van der Waals surface area contributed by atoms with Gasteiger partial charge in [0.15, 0.2) is 0 Å². The van der Waals surface area contributed by atoms with Crippen LogP contribution in [0.4, 0.5) is 4.39 Å². The number of hydrogen-bond acceptors (Lipinski definition) is 3. The highest BCUT2D eigenvalue weighted by Crippen LogP contribution is 2.19. The predicted molar refractivity (Wildman–Crippen MR) is 68.9 cm³/mol. The van der Waals surface area contributed by atoms with E-state index in [1.807, 2.05) is 0 Å². The van der Waals surface area contributed by atoms with Crippen molar-refractivity contribution >= 4 is 28.0 Å². The standard InChI is InChI=1S/C13H11BrFNO2/c1-8(2)18-13(17)10(7-16)5-9-3-4-12(15)11(14)6-9/h3-6,8H,1-2H3. The Hall–Kier alpha value is -1.67. The van der Waals surface area contributed by atoms with Gasteiger partial charge in [-0.3, -0.25) is 0 Å². The molecule has 0 aromatic heterocycles. The lowest BCUT2D eigenvalue weighted by Crippen LogP contribution is -2.12. The Morgan fingerprint density at radius 2 is 2.22 bits per heavy atom. The largest absolute Gasteiger partial charge is 0.459 e. The maximum Gasteiger partial charge on any atom is 0.349 e. The smallest absolute Gasteiger partial charge is 0.349 e. The van der Waals surface area contributed by atoms with E-state index in [1.165, 1.54) is 24.3 Å². The average molecular weight is 312 g/mol. The highest BCUT2D eigenvalue weighted by atomic mass is 79.9. The van der Waals surface area contributed by atoms with Gasteiger partial charge in [-0.2, -0.15) is 5.26 Å². The van der Waals surface area contributed by atoms with Crippen LogP contribution in [-0.2, 0) is 9.53 Å². The maximum absolute atomic E-state index is 13.0. The number of carbonyl (C=O) groups excluding carboxylic acids is 1. The molecule has 18 heavy (non-hydrogen) atoms. The van der Waals surface area contributed by atoms with Crippen molar-refractivity contribution in [2.75, 3.05) is 0 Å². The van der Waals surface area contributed by atoms with Crippen LogP contribution in [0.25, 0.3) is 6.08 Å². The Kier molecular flexibility index (Phi) is 5.05. The van der Waals surface area contributed by atoms with Crippen LogP contribution in [0.2, 0.25) is 0 Å². The normalized spacial score (nSPS) is 11.2. The van der Waals surface area contributed by atoms with Gasteiger partial charge in [-0.1, -0.05) is 6.07 Å². The molecule has 1 aromatic rings. The molecule has 3 nitrogen and oxygen atoms in total. The highest BCUT2D eigenvalue weighted by Gasteiger charge is 2.12. The van der Waals surface area contributed by atoms with E-state index in [9.17, 15) is 9.18 Å². The van der Waals surface area contributed by atoms with Crippen LogP contribution < -0.4 is 0 Å². The molecule has 0 saturated carbocycles. The third kappa shape index (κ3) is 3.97. The van der Waals surface area contributed by atoms with Gasteiger partial charge in [-0.25, -0.2) is 9.18 Å². The molecule has 0 aliphatic rings. The zero-order valence-electron chi connectivity index (χ0n) is 9.91. The molecule has 0 saturated heterocycles. The van der Waals surface area contributed by atoms with E-state index in [1.54, 1.807) is 19.9 Å². The van der Waals surface area contributed by atoms with E-state index in [0.717, 1.165) is 0 Å². The molecule has 0 fully saturated rings. The van der Waals surface area contributed by atoms with Crippen LogP contribution in [0.1, 0.15) is 19.4 Å². The van der Waals surface area contributed by atoms with Crippen LogP contribution in [0.15, 0.2) is 28.2 Å². The van der Waals surface area contributed by atoms with E-state index >= 15 is 0 Å². The quantitative estimate of drug-likeness (QED) is 0.488. The molecular formula is C13H11BrFNO2. The van der Waals surface area contributed by atoms with E-state index in [-0.39, 0.29) is 16.1 Å². The summed E-state index contributed by atoms with van der Waals surface area (Å²) in [7, 11) is 0. The molecule has 0 radical (unpaired) electrons. The average Bonchev–Trinajstić information content (AvgIpc) is 2.29. The zero-order valence-corrected chi connectivity index (χ0v) is 11.5. The van der Waals surface area contributed by atoms with Crippen LogP contribution in [0.5, 0.6) is 0 Å². The van der Waals surface area contributed by atoms with Gasteiger partial charge in [0.25, 0.3) is 0 Å². The minimum Gasteiger partial charge on any atom is -0.459 e. The SMILES string of the molecule is CC(C)OC(=O)C(C#N)=Cc1ccc(F)c(Br)c1. The molecule has 1 rings (SSSR count). The molecular weight excluding hydrogens is 301 g/mol. The number of halogens is 2. The van der Waals surface area contributed by atoms with Gasteiger partial charge in [0.05, 0.1) is 10.6 Å². The van der Waals surface area contributed by atoms with Gasteiger partial charge in [0, 0.05) is 0 Å². The monoisotopic (exact) mass is 311 g/mol. The summed E-state index contributed by atoms with van der Waals surface area (Å²) in [6.45, 7) is 3.39. The second kappa shape index (κ2) is 6.31. The summed E-state index contributed by atoms with van der Waals surface area (Å²) in [4.78, 5) is 11.5. The lowest BCUT2D eigenvalue weighted by molar-refractivity contribution is -0.142. The summed E-state index contributed by atoms with van der Waals surface area (Å²) >= 11 is 3.03. The van der Waals surface area contributed by atoms with Crippen molar-refractivity contribution in [3.63, 3.8) is 0 Å². The van der Waals surface area contributed by atoms with Gasteiger partial charge in [0.1, 0.15) is 17.5 Å². The van der Waals surface area contributed by atoms with Crippen molar-refractivity contribution in [2.24, 2.45) is 0 Å². The van der Waals surface area contributed by atoms with Gasteiger partial charge in [0.2, 0.25) is 0 Å². The fraction of sp³-hybridized carbons (Fsp3) is 0.231. The molecule has 0 heterocycles. The summed E-state index contributed by atoms with van der Waals surface area (Å²) in [5, 5.41) is 8.89. The molecule has 0 amide bonds. The lowest BCUT2D eigenvalue weighted by atomic mass is 10.1. The number of carbonyl (C=O) groups is 1. The number of benzene rings is 1. The first-order valence-electron chi connectivity index (χ1n) is 5.22. The summed E-state index contributed by atoms with van der Waals surface area (Å²) in [6, 6.07) is 5.97. The number of rotatable bonds is 3. The molecule has 0 spiro atoms. The van der Waals surface area contributed by atoms with E-state index in [4.69, 9.17) is 10.00 Å². The van der Waals surface area contributed by atoms with Gasteiger partial charge >= 0.3 is 5.97 Å². The second-order valence-electron chi connectivity index (χ2n) is 3.80. The van der Waals surface area contributed by atoms with Gasteiger partial charge in [-0.05, 0) is 53.5 Å². The van der Waals surface area contributed by atoms with Crippen LogP contribution in [0, 0.1) is 17.1 Å². The van der Waals surface area contributed by atoms with Crippen molar-refractivity contribution in [1.82, 2.24) is 0 Å². The number of nitrogens with zero attached hydrogens (tertiary/aromatic N) is 1.